The minimum Gasteiger partial charge on any atom is -0.481 e. The second kappa shape index (κ2) is 8.12. The van der Waals surface area contributed by atoms with E-state index in [9.17, 15) is 22.6 Å². The SMILES string of the molecule is O=C(O)CCCCCCn1c2ccccc2c(=O)c2cc(S(=O)(=O)O)ccc21. The van der Waals surface area contributed by atoms with Crippen LogP contribution in [0.5, 0.6) is 0 Å². The lowest BCUT2D eigenvalue weighted by atomic mass is 10.1. The molecule has 2 N–H and O–H groups in total. The third-order valence-electron chi connectivity index (χ3n) is 4.76. The Hall–Kier alpha value is -2.71. The number of benzene rings is 2. The van der Waals surface area contributed by atoms with Gasteiger partial charge in [-0.15, -0.1) is 0 Å². The van der Waals surface area contributed by atoms with Crippen molar-refractivity contribution in [3.63, 3.8) is 0 Å². The Morgan fingerprint density at radius 3 is 2.32 bits per heavy atom. The normalized spacial score (nSPS) is 11.9. The average Bonchev–Trinajstić information content (AvgIpc) is 2.65. The van der Waals surface area contributed by atoms with Crippen molar-refractivity contribution in [2.45, 2.75) is 43.5 Å². The number of aromatic nitrogens is 1. The molecule has 0 unspecified atom stereocenters. The molecular formula is C20H21NO6S. The number of unbranched alkanes of at least 4 members (excludes halogenated alkanes) is 3. The summed E-state index contributed by atoms with van der Waals surface area (Å²) in [7, 11) is -4.41. The number of carboxylic acids is 1. The number of hydrogen-bond donors (Lipinski definition) is 2. The molecule has 3 rings (SSSR count). The lowest BCUT2D eigenvalue weighted by Gasteiger charge is -2.15. The number of carbonyl (C=O) groups is 1. The molecule has 7 nitrogen and oxygen atoms in total. The van der Waals surface area contributed by atoms with E-state index in [1.54, 1.807) is 12.1 Å². The highest BCUT2D eigenvalue weighted by atomic mass is 32.2. The van der Waals surface area contributed by atoms with Gasteiger partial charge in [-0.2, -0.15) is 8.42 Å². The highest BCUT2D eigenvalue weighted by Crippen LogP contribution is 2.23. The Labute approximate surface area is 162 Å². The maximum Gasteiger partial charge on any atom is 0.303 e. The lowest BCUT2D eigenvalue weighted by Crippen LogP contribution is -2.12. The van der Waals surface area contributed by atoms with Gasteiger partial charge in [-0.05, 0) is 43.2 Å². The third-order valence-corrected chi connectivity index (χ3v) is 5.61. The molecule has 0 saturated heterocycles. The van der Waals surface area contributed by atoms with Gasteiger partial charge in [-0.1, -0.05) is 25.0 Å². The van der Waals surface area contributed by atoms with Gasteiger partial charge in [-0.25, -0.2) is 0 Å². The molecule has 0 saturated carbocycles. The van der Waals surface area contributed by atoms with E-state index >= 15 is 0 Å². The Balaban J connectivity index is 2.00. The fourth-order valence-corrected chi connectivity index (χ4v) is 3.92. The van der Waals surface area contributed by atoms with E-state index in [1.807, 2.05) is 16.7 Å². The predicted octanol–water partition coefficient (Wildman–Crippen LogP) is 3.44. The molecule has 0 spiro atoms. The molecule has 28 heavy (non-hydrogen) atoms. The molecule has 1 aromatic heterocycles. The summed E-state index contributed by atoms with van der Waals surface area (Å²) in [5, 5.41) is 9.41. The third kappa shape index (κ3) is 4.23. The highest BCUT2D eigenvalue weighted by molar-refractivity contribution is 7.85. The molecular weight excluding hydrogens is 382 g/mol. The van der Waals surface area contributed by atoms with Crippen LogP contribution in [0.4, 0.5) is 0 Å². The van der Waals surface area contributed by atoms with Crippen molar-refractivity contribution in [3.05, 3.63) is 52.7 Å². The van der Waals surface area contributed by atoms with Crippen LogP contribution in [0.3, 0.4) is 0 Å². The summed E-state index contributed by atoms with van der Waals surface area (Å²) in [5.74, 6) is -0.799. The first-order valence-corrected chi connectivity index (χ1v) is 10.5. The summed E-state index contributed by atoms with van der Waals surface area (Å²) >= 11 is 0. The van der Waals surface area contributed by atoms with Crippen molar-refractivity contribution in [3.8, 4) is 0 Å². The summed E-state index contributed by atoms with van der Waals surface area (Å²) in [6.45, 7) is 0.607. The van der Waals surface area contributed by atoms with E-state index in [-0.39, 0.29) is 22.1 Å². The van der Waals surface area contributed by atoms with Crippen molar-refractivity contribution in [1.82, 2.24) is 4.57 Å². The fourth-order valence-electron chi connectivity index (χ4n) is 3.41. The number of pyridine rings is 1. The zero-order valence-corrected chi connectivity index (χ0v) is 16.0. The minimum absolute atomic E-state index is 0.155. The van der Waals surface area contributed by atoms with Gasteiger partial charge in [0.15, 0.2) is 5.43 Å². The van der Waals surface area contributed by atoms with Crippen molar-refractivity contribution >= 4 is 37.9 Å². The number of carboxylic acid groups (broad SMARTS) is 1. The molecule has 0 radical (unpaired) electrons. The van der Waals surface area contributed by atoms with Gasteiger partial charge < -0.3 is 9.67 Å². The Morgan fingerprint density at radius 1 is 0.929 bits per heavy atom. The van der Waals surface area contributed by atoms with Gasteiger partial charge >= 0.3 is 5.97 Å². The van der Waals surface area contributed by atoms with Gasteiger partial charge in [-0.3, -0.25) is 14.1 Å². The van der Waals surface area contributed by atoms with Crippen LogP contribution in [-0.2, 0) is 21.5 Å². The first-order chi connectivity index (χ1) is 13.3. The molecule has 148 valence electrons. The number of aryl methyl sites for hydroxylation is 1. The molecule has 8 heteroatoms. The first kappa shape index (κ1) is 20.0. The molecule has 0 fully saturated rings. The molecule has 0 bridgehead atoms. The van der Waals surface area contributed by atoms with Crippen LogP contribution in [0.15, 0.2) is 52.2 Å². The number of rotatable bonds is 8. The molecule has 0 aliphatic carbocycles. The Bertz CT molecular complexity index is 1200. The summed E-state index contributed by atoms with van der Waals surface area (Å²) < 4.78 is 34.2. The van der Waals surface area contributed by atoms with Crippen molar-refractivity contribution < 1.29 is 22.9 Å². The van der Waals surface area contributed by atoms with E-state index in [2.05, 4.69) is 0 Å². The molecule has 3 aromatic rings. The zero-order chi connectivity index (χ0) is 20.3. The highest BCUT2D eigenvalue weighted by Gasteiger charge is 2.15. The van der Waals surface area contributed by atoms with Gasteiger partial charge in [0.25, 0.3) is 10.1 Å². The number of nitrogens with zero attached hydrogens (tertiary/aromatic N) is 1. The van der Waals surface area contributed by atoms with Crippen LogP contribution in [0.25, 0.3) is 21.8 Å². The lowest BCUT2D eigenvalue weighted by molar-refractivity contribution is -0.137. The van der Waals surface area contributed by atoms with Gasteiger partial charge in [0, 0.05) is 23.7 Å². The predicted molar refractivity (Wildman–Crippen MR) is 106 cm³/mol. The first-order valence-electron chi connectivity index (χ1n) is 9.03. The molecule has 0 aliphatic rings. The summed E-state index contributed by atoms with van der Waals surface area (Å²) in [5.41, 5.74) is 1.07. The van der Waals surface area contributed by atoms with E-state index < -0.39 is 16.1 Å². The van der Waals surface area contributed by atoms with Crippen LogP contribution in [-0.4, -0.2) is 28.6 Å². The van der Waals surface area contributed by atoms with Crippen LogP contribution in [0.1, 0.15) is 32.1 Å². The average molecular weight is 403 g/mol. The van der Waals surface area contributed by atoms with Crippen LogP contribution in [0.2, 0.25) is 0 Å². The molecule has 2 aromatic carbocycles. The van der Waals surface area contributed by atoms with Gasteiger partial charge in [0.1, 0.15) is 0 Å². The van der Waals surface area contributed by atoms with Crippen LogP contribution in [0, 0.1) is 0 Å². The standard InChI is InChI=1S/C20H21NO6S/c22-19(23)9-3-1-2-6-12-21-17-8-5-4-7-15(17)20(24)16-13-14(28(25,26)27)10-11-18(16)21/h4-5,7-8,10-11,13H,1-3,6,9,12H2,(H,22,23)(H,25,26,27). The van der Waals surface area contributed by atoms with Gasteiger partial charge in [0.2, 0.25) is 0 Å². The number of aliphatic carboxylic acids is 1. The maximum atomic E-state index is 12.9. The number of para-hydroxylation sites is 1. The second-order valence-corrected chi connectivity index (χ2v) is 8.13. The Kier molecular flexibility index (Phi) is 5.81. The van der Waals surface area contributed by atoms with E-state index in [0.29, 0.717) is 23.9 Å². The van der Waals surface area contributed by atoms with Crippen molar-refractivity contribution in [2.24, 2.45) is 0 Å². The largest absolute Gasteiger partial charge is 0.481 e. The molecule has 0 aliphatic heterocycles. The zero-order valence-electron chi connectivity index (χ0n) is 15.2. The van der Waals surface area contributed by atoms with Crippen molar-refractivity contribution in [2.75, 3.05) is 0 Å². The minimum atomic E-state index is -4.41. The summed E-state index contributed by atoms with van der Waals surface area (Å²) in [4.78, 5) is 23.1. The van der Waals surface area contributed by atoms with E-state index in [1.165, 1.54) is 18.2 Å². The summed E-state index contributed by atoms with van der Waals surface area (Å²) in [6, 6.07) is 11.2. The number of hydrogen-bond acceptors (Lipinski definition) is 4. The second-order valence-electron chi connectivity index (χ2n) is 6.71. The topological polar surface area (TPSA) is 114 Å². The van der Waals surface area contributed by atoms with Crippen LogP contribution < -0.4 is 5.43 Å². The summed E-state index contributed by atoms with van der Waals surface area (Å²) in [6.07, 6.45) is 3.22. The number of fused-ring (bicyclic) bond motifs is 2. The molecule has 1 heterocycles. The van der Waals surface area contributed by atoms with E-state index in [4.69, 9.17) is 5.11 Å². The Morgan fingerprint density at radius 2 is 1.61 bits per heavy atom. The smallest absolute Gasteiger partial charge is 0.303 e. The van der Waals surface area contributed by atoms with Crippen molar-refractivity contribution in [1.29, 1.82) is 0 Å². The molecule has 0 amide bonds. The molecule has 0 atom stereocenters. The van der Waals surface area contributed by atoms with Gasteiger partial charge in [0.05, 0.1) is 15.9 Å². The maximum absolute atomic E-state index is 12.9. The quantitative estimate of drug-likeness (QED) is 0.338. The van der Waals surface area contributed by atoms with E-state index in [0.717, 1.165) is 24.8 Å². The monoisotopic (exact) mass is 403 g/mol. The van der Waals surface area contributed by atoms with Crippen LogP contribution >= 0.6 is 0 Å². The fraction of sp³-hybridized carbons (Fsp3) is 0.300.